The first-order valence-electron chi connectivity index (χ1n) is 7.24. The maximum Gasteiger partial charge on any atom is 0.248 e. The fraction of sp³-hybridized carbons (Fsp3) is 0.167. The van der Waals surface area contributed by atoms with Gasteiger partial charge in [0.15, 0.2) is 5.58 Å². The zero-order chi connectivity index (χ0) is 16.6. The van der Waals surface area contributed by atoms with Crippen LogP contribution in [0, 0.1) is 11.3 Å². The Kier molecular flexibility index (Phi) is 3.59. The van der Waals surface area contributed by atoms with Crippen molar-refractivity contribution in [2.45, 2.75) is 19.8 Å². The topological polar surface area (TPSA) is 92.9 Å². The van der Waals surface area contributed by atoms with Gasteiger partial charge in [0.2, 0.25) is 11.8 Å². The van der Waals surface area contributed by atoms with E-state index < -0.39 is 5.91 Å². The van der Waals surface area contributed by atoms with Gasteiger partial charge in [-0.25, -0.2) is 4.98 Å². The number of oxazole rings is 1. The van der Waals surface area contributed by atoms with Crippen LogP contribution >= 0.6 is 0 Å². The normalized spacial score (nSPS) is 10.9. The first-order chi connectivity index (χ1) is 11.0. The van der Waals surface area contributed by atoms with Crippen molar-refractivity contribution in [3.8, 4) is 17.5 Å². The molecular weight excluding hydrogens is 290 g/mol. The molecule has 5 heteroatoms. The second-order valence-electron chi connectivity index (χ2n) is 5.64. The van der Waals surface area contributed by atoms with Crippen LogP contribution in [-0.2, 0) is 0 Å². The predicted molar refractivity (Wildman–Crippen MR) is 86.8 cm³/mol. The van der Waals surface area contributed by atoms with E-state index in [1.54, 1.807) is 30.3 Å². The Balaban J connectivity index is 2.14. The van der Waals surface area contributed by atoms with Crippen molar-refractivity contribution in [2.24, 2.45) is 5.73 Å². The Morgan fingerprint density at radius 1 is 1.26 bits per heavy atom. The van der Waals surface area contributed by atoms with Crippen LogP contribution in [0.3, 0.4) is 0 Å². The number of nitrogens with zero attached hydrogens (tertiary/aromatic N) is 2. The number of hydrogen-bond donors (Lipinski definition) is 1. The third-order valence-electron chi connectivity index (χ3n) is 3.69. The lowest BCUT2D eigenvalue weighted by atomic mass is 10.00. The average molecular weight is 305 g/mol. The lowest BCUT2D eigenvalue weighted by Crippen LogP contribution is -2.10. The summed E-state index contributed by atoms with van der Waals surface area (Å²) >= 11 is 0. The summed E-state index contributed by atoms with van der Waals surface area (Å²) in [5.41, 5.74) is 9.27. The molecule has 1 amide bonds. The van der Waals surface area contributed by atoms with Crippen LogP contribution in [0.2, 0.25) is 0 Å². The molecule has 0 unspecified atom stereocenters. The molecule has 0 bridgehead atoms. The summed E-state index contributed by atoms with van der Waals surface area (Å²) < 4.78 is 5.91. The standard InChI is InChI=1S/C18H15N3O2/c1-10(2)14-7-11(9-19)8-15-16(14)23-18(21-15)13-5-3-12(4-6-13)17(20)22/h3-8,10H,1-2H3,(H2,20,22). The van der Waals surface area contributed by atoms with Gasteiger partial charge in [-0.3, -0.25) is 4.79 Å². The highest BCUT2D eigenvalue weighted by Crippen LogP contribution is 2.31. The number of rotatable bonds is 3. The molecule has 0 fully saturated rings. The number of primary amides is 1. The van der Waals surface area contributed by atoms with Crippen LogP contribution in [0.4, 0.5) is 0 Å². The van der Waals surface area contributed by atoms with Crippen LogP contribution in [0.15, 0.2) is 40.8 Å². The van der Waals surface area contributed by atoms with Crippen molar-refractivity contribution in [3.05, 3.63) is 53.1 Å². The van der Waals surface area contributed by atoms with E-state index in [2.05, 4.69) is 11.1 Å². The lowest BCUT2D eigenvalue weighted by molar-refractivity contribution is 0.100. The molecule has 0 aliphatic rings. The number of carbonyl (C=O) groups is 1. The highest BCUT2D eigenvalue weighted by molar-refractivity contribution is 5.93. The maximum atomic E-state index is 11.1. The van der Waals surface area contributed by atoms with Crippen molar-refractivity contribution < 1.29 is 9.21 Å². The second kappa shape index (κ2) is 5.58. The second-order valence-corrected chi connectivity index (χ2v) is 5.64. The summed E-state index contributed by atoms with van der Waals surface area (Å²) in [6.07, 6.45) is 0. The smallest absolute Gasteiger partial charge is 0.248 e. The molecule has 5 nitrogen and oxygen atoms in total. The SMILES string of the molecule is CC(C)c1cc(C#N)cc2nc(-c3ccc(C(N)=O)cc3)oc12. The molecular formula is C18H15N3O2. The molecule has 0 radical (unpaired) electrons. The van der Waals surface area contributed by atoms with E-state index >= 15 is 0 Å². The fourth-order valence-corrected chi connectivity index (χ4v) is 2.45. The minimum Gasteiger partial charge on any atom is -0.436 e. The molecule has 1 aromatic heterocycles. The molecule has 2 N–H and O–H groups in total. The Morgan fingerprint density at radius 2 is 1.96 bits per heavy atom. The summed E-state index contributed by atoms with van der Waals surface area (Å²) in [7, 11) is 0. The van der Waals surface area contributed by atoms with Gasteiger partial charge in [0.1, 0.15) is 5.52 Å². The summed E-state index contributed by atoms with van der Waals surface area (Å²) in [6.45, 7) is 4.08. The molecule has 0 saturated heterocycles. The van der Waals surface area contributed by atoms with Gasteiger partial charge >= 0.3 is 0 Å². The van der Waals surface area contributed by atoms with Gasteiger partial charge < -0.3 is 10.2 Å². The van der Waals surface area contributed by atoms with E-state index in [1.807, 2.05) is 19.9 Å². The van der Waals surface area contributed by atoms with Gasteiger partial charge in [0.25, 0.3) is 0 Å². The third kappa shape index (κ3) is 2.67. The van der Waals surface area contributed by atoms with Gasteiger partial charge in [0, 0.05) is 16.7 Å². The Morgan fingerprint density at radius 3 is 2.52 bits per heavy atom. The van der Waals surface area contributed by atoms with Crippen LogP contribution in [0.1, 0.15) is 41.3 Å². The molecule has 0 atom stereocenters. The molecule has 0 aliphatic carbocycles. The first kappa shape index (κ1) is 14.8. The molecule has 2 aromatic carbocycles. The highest BCUT2D eigenvalue weighted by Gasteiger charge is 2.15. The molecule has 0 saturated carbocycles. The highest BCUT2D eigenvalue weighted by atomic mass is 16.3. The van der Waals surface area contributed by atoms with Crippen LogP contribution in [0.25, 0.3) is 22.6 Å². The van der Waals surface area contributed by atoms with Gasteiger partial charge in [-0.2, -0.15) is 5.26 Å². The van der Waals surface area contributed by atoms with E-state index in [9.17, 15) is 4.79 Å². The Hall–Kier alpha value is -3.13. The summed E-state index contributed by atoms with van der Waals surface area (Å²) in [5, 5.41) is 9.16. The first-order valence-corrected chi connectivity index (χ1v) is 7.24. The molecule has 0 aliphatic heterocycles. The third-order valence-corrected chi connectivity index (χ3v) is 3.69. The lowest BCUT2D eigenvalue weighted by Gasteiger charge is -2.05. The van der Waals surface area contributed by atoms with Gasteiger partial charge in [-0.15, -0.1) is 0 Å². The minimum atomic E-state index is -0.477. The van der Waals surface area contributed by atoms with Crippen molar-refractivity contribution in [2.75, 3.05) is 0 Å². The van der Waals surface area contributed by atoms with Gasteiger partial charge in [-0.05, 0) is 42.3 Å². The van der Waals surface area contributed by atoms with E-state index in [0.29, 0.717) is 28.1 Å². The monoisotopic (exact) mass is 305 g/mol. The average Bonchev–Trinajstić information content (AvgIpc) is 2.97. The van der Waals surface area contributed by atoms with Crippen molar-refractivity contribution >= 4 is 17.0 Å². The number of hydrogen-bond acceptors (Lipinski definition) is 4. The number of benzene rings is 2. The Bertz CT molecular complexity index is 931. The summed E-state index contributed by atoms with van der Waals surface area (Å²) in [6, 6.07) is 12.4. The number of carbonyl (C=O) groups excluding carboxylic acids is 1. The molecule has 114 valence electrons. The largest absolute Gasteiger partial charge is 0.436 e. The molecule has 23 heavy (non-hydrogen) atoms. The number of nitriles is 1. The van der Waals surface area contributed by atoms with Crippen molar-refractivity contribution in [3.63, 3.8) is 0 Å². The summed E-state index contributed by atoms with van der Waals surface area (Å²) in [5.74, 6) is 0.187. The van der Waals surface area contributed by atoms with Crippen LogP contribution < -0.4 is 5.73 Å². The maximum absolute atomic E-state index is 11.1. The molecule has 0 spiro atoms. The molecule has 3 aromatic rings. The molecule has 3 rings (SSSR count). The van der Waals surface area contributed by atoms with Gasteiger partial charge in [-0.1, -0.05) is 13.8 Å². The van der Waals surface area contributed by atoms with E-state index in [0.717, 1.165) is 11.1 Å². The number of fused-ring (bicyclic) bond motifs is 1. The number of aromatic nitrogens is 1. The fourth-order valence-electron chi connectivity index (χ4n) is 2.45. The minimum absolute atomic E-state index is 0.212. The zero-order valence-corrected chi connectivity index (χ0v) is 12.8. The van der Waals surface area contributed by atoms with E-state index in [4.69, 9.17) is 15.4 Å². The van der Waals surface area contributed by atoms with Crippen LogP contribution in [0.5, 0.6) is 0 Å². The summed E-state index contributed by atoms with van der Waals surface area (Å²) in [4.78, 5) is 15.6. The van der Waals surface area contributed by atoms with E-state index in [-0.39, 0.29) is 5.92 Å². The number of nitrogens with two attached hydrogens (primary N) is 1. The van der Waals surface area contributed by atoms with Crippen molar-refractivity contribution in [1.29, 1.82) is 5.26 Å². The van der Waals surface area contributed by atoms with Crippen molar-refractivity contribution in [1.82, 2.24) is 4.98 Å². The zero-order valence-electron chi connectivity index (χ0n) is 12.8. The Labute approximate surface area is 133 Å². The van der Waals surface area contributed by atoms with Gasteiger partial charge in [0.05, 0.1) is 11.6 Å². The number of amides is 1. The van der Waals surface area contributed by atoms with E-state index in [1.165, 1.54) is 0 Å². The van der Waals surface area contributed by atoms with Crippen LogP contribution in [-0.4, -0.2) is 10.9 Å². The quantitative estimate of drug-likeness (QED) is 0.800. The molecule has 1 heterocycles. The predicted octanol–water partition coefficient (Wildman–Crippen LogP) is 3.59.